The van der Waals surface area contributed by atoms with Gasteiger partial charge in [-0.25, -0.2) is 4.98 Å². The van der Waals surface area contributed by atoms with E-state index in [2.05, 4.69) is 22.0 Å². The van der Waals surface area contributed by atoms with Crippen LogP contribution in [0.3, 0.4) is 0 Å². The van der Waals surface area contributed by atoms with E-state index in [1.807, 2.05) is 16.8 Å². The molecule has 98 valence electrons. The highest BCUT2D eigenvalue weighted by Crippen LogP contribution is 2.20. The Balaban J connectivity index is 2.29. The average Bonchev–Trinajstić information content (AvgIpc) is 2.99. The third kappa shape index (κ3) is 1.98. The third-order valence-corrected chi connectivity index (χ3v) is 3.73. The van der Waals surface area contributed by atoms with Crippen LogP contribution in [-0.4, -0.2) is 19.7 Å². The molecule has 1 N–H and O–H groups in total. The third-order valence-electron chi connectivity index (χ3n) is 3.04. The molecule has 3 heterocycles. The summed E-state index contributed by atoms with van der Waals surface area (Å²) in [7, 11) is 1.78. The van der Waals surface area contributed by atoms with E-state index in [0.717, 1.165) is 24.1 Å². The van der Waals surface area contributed by atoms with E-state index in [4.69, 9.17) is 0 Å². The van der Waals surface area contributed by atoms with Gasteiger partial charge in [0.05, 0.1) is 5.69 Å². The topological polar surface area (TPSA) is 63.6 Å². The van der Waals surface area contributed by atoms with Gasteiger partial charge in [0.1, 0.15) is 11.3 Å². The van der Waals surface area contributed by atoms with Crippen molar-refractivity contribution in [2.24, 2.45) is 7.05 Å². The van der Waals surface area contributed by atoms with Crippen molar-refractivity contribution >= 4 is 22.4 Å². The molecule has 0 aliphatic heterocycles. The highest BCUT2D eigenvalue weighted by molar-refractivity contribution is 7.08. The number of H-pyrrole nitrogens is 1. The maximum absolute atomic E-state index is 12.2. The fourth-order valence-electron chi connectivity index (χ4n) is 2.19. The fourth-order valence-corrected chi connectivity index (χ4v) is 2.83. The molecule has 0 saturated heterocycles. The fraction of sp³-hybridized carbons (Fsp3) is 0.308. The van der Waals surface area contributed by atoms with Crippen molar-refractivity contribution in [1.82, 2.24) is 19.7 Å². The van der Waals surface area contributed by atoms with Gasteiger partial charge in [0.15, 0.2) is 5.52 Å². The van der Waals surface area contributed by atoms with Gasteiger partial charge >= 0.3 is 0 Å². The zero-order valence-corrected chi connectivity index (χ0v) is 11.6. The summed E-state index contributed by atoms with van der Waals surface area (Å²) < 4.78 is 1.61. The number of hydrogen-bond acceptors (Lipinski definition) is 4. The summed E-state index contributed by atoms with van der Waals surface area (Å²) in [4.78, 5) is 19.6. The number of nitrogens with one attached hydrogen (secondary N) is 1. The van der Waals surface area contributed by atoms with Crippen LogP contribution in [0.5, 0.6) is 0 Å². The molecule has 5 nitrogen and oxygen atoms in total. The first-order chi connectivity index (χ1) is 9.20. The number of aryl methyl sites for hydroxylation is 2. The first kappa shape index (κ1) is 12.1. The van der Waals surface area contributed by atoms with Crippen molar-refractivity contribution in [3.8, 4) is 11.4 Å². The zero-order chi connectivity index (χ0) is 13.4. The molecule has 0 atom stereocenters. The van der Waals surface area contributed by atoms with E-state index in [0.29, 0.717) is 16.9 Å². The predicted octanol–water partition coefficient (Wildman–Crippen LogP) is 2.34. The lowest BCUT2D eigenvalue weighted by atomic mass is 10.2. The molecule has 0 aliphatic carbocycles. The van der Waals surface area contributed by atoms with Gasteiger partial charge in [0, 0.05) is 18.0 Å². The number of thiophene rings is 1. The van der Waals surface area contributed by atoms with Gasteiger partial charge in [-0.1, -0.05) is 13.3 Å². The summed E-state index contributed by atoms with van der Waals surface area (Å²) in [5.74, 6) is 0.615. The van der Waals surface area contributed by atoms with Gasteiger partial charge in [-0.05, 0) is 17.9 Å². The minimum atomic E-state index is -0.136. The van der Waals surface area contributed by atoms with E-state index in [-0.39, 0.29) is 5.56 Å². The molecule has 0 aromatic carbocycles. The number of aromatic amines is 1. The van der Waals surface area contributed by atoms with E-state index in [9.17, 15) is 4.79 Å². The molecular formula is C13H14N4OS. The molecule has 0 aliphatic rings. The maximum atomic E-state index is 12.2. The number of hydrogen-bond donors (Lipinski definition) is 1. The molecule has 6 heteroatoms. The van der Waals surface area contributed by atoms with Crippen LogP contribution in [0.25, 0.3) is 22.4 Å². The lowest BCUT2D eigenvalue weighted by Gasteiger charge is -1.99. The minimum absolute atomic E-state index is 0.136. The summed E-state index contributed by atoms with van der Waals surface area (Å²) in [5, 5.41) is 8.34. The Kier molecular flexibility index (Phi) is 2.94. The Morgan fingerprint density at radius 3 is 3.00 bits per heavy atom. The van der Waals surface area contributed by atoms with Crippen molar-refractivity contribution in [2.45, 2.75) is 19.8 Å². The molecule has 3 aromatic heterocycles. The molecule has 0 unspecified atom stereocenters. The number of aromatic nitrogens is 4. The Bertz CT molecular complexity index is 770. The summed E-state index contributed by atoms with van der Waals surface area (Å²) in [6.45, 7) is 2.09. The molecule has 3 rings (SSSR count). The minimum Gasteiger partial charge on any atom is -0.305 e. The molecular weight excluding hydrogens is 260 g/mol. The van der Waals surface area contributed by atoms with Crippen molar-refractivity contribution < 1.29 is 0 Å². The van der Waals surface area contributed by atoms with Crippen LogP contribution in [-0.2, 0) is 13.5 Å². The standard InChI is InChI=1S/C13H14N4OS/c1-3-4-9-10-11(17(2)16-9)13(18)15-12(14-10)8-5-6-19-7-8/h5-7H,3-4H2,1-2H3,(H,14,15,18). The average molecular weight is 274 g/mol. The van der Waals surface area contributed by atoms with Crippen LogP contribution in [0.2, 0.25) is 0 Å². The quantitative estimate of drug-likeness (QED) is 0.797. The molecule has 0 bridgehead atoms. The van der Waals surface area contributed by atoms with Gasteiger partial charge in [0.25, 0.3) is 5.56 Å². The highest BCUT2D eigenvalue weighted by atomic mass is 32.1. The Morgan fingerprint density at radius 2 is 2.32 bits per heavy atom. The van der Waals surface area contributed by atoms with E-state index >= 15 is 0 Å². The van der Waals surface area contributed by atoms with Gasteiger partial charge in [0.2, 0.25) is 0 Å². The van der Waals surface area contributed by atoms with Crippen LogP contribution >= 0.6 is 11.3 Å². The molecule has 3 aromatic rings. The number of rotatable bonds is 3. The Labute approximate surface area is 113 Å². The van der Waals surface area contributed by atoms with Crippen LogP contribution in [0, 0.1) is 0 Å². The Morgan fingerprint density at radius 1 is 1.47 bits per heavy atom. The van der Waals surface area contributed by atoms with Crippen LogP contribution in [0.1, 0.15) is 19.0 Å². The van der Waals surface area contributed by atoms with Crippen LogP contribution < -0.4 is 5.56 Å². The largest absolute Gasteiger partial charge is 0.305 e. The van der Waals surface area contributed by atoms with Gasteiger partial charge in [-0.15, -0.1) is 0 Å². The normalized spacial score (nSPS) is 11.3. The second-order valence-electron chi connectivity index (χ2n) is 4.44. The molecule has 0 spiro atoms. The first-order valence-electron chi connectivity index (χ1n) is 6.19. The summed E-state index contributed by atoms with van der Waals surface area (Å²) >= 11 is 1.58. The second-order valence-corrected chi connectivity index (χ2v) is 5.22. The molecule has 0 radical (unpaired) electrons. The molecule has 0 amide bonds. The van der Waals surface area contributed by atoms with Gasteiger partial charge in [-0.2, -0.15) is 16.4 Å². The summed E-state index contributed by atoms with van der Waals surface area (Å²) in [6, 6.07) is 1.95. The number of nitrogens with zero attached hydrogens (tertiary/aromatic N) is 3. The Hall–Kier alpha value is -1.95. The molecule has 19 heavy (non-hydrogen) atoms. The number of fused-ring (bicyclic) bond motifs is 1. The van der Waals surface area contributed by atoms with Crippen LogP contribution in [0.15, 0.2) is 21.6 Å². The zero-order valence-electron chi connectivity index (χ0n) is 10.8. The van der Waals surface area contributed by atoms with Crippen molar-refractivity contribution in [1.29, 1.82) is 0 Å². The van der Waals surface area contributed by atoms with Crippen LogP contribution in [0.4, 0.5) is 0 Å². The highest BCUT2D eigenvalue weighted by Gasteiger charge is 2.15. The molecule has 0 fully saturated rings. The summed E-state index contributed by atoms with van der Waals surface area (Å²) in [5.41, 5.74) is 2.96. The lowest BCUT2D eigenvalue weighted by molar-refractivity contribution is 0.751. The van der Waals surface area contributed by atoms with Crippen molar-refractivity contribution in [2.75, 3.05) is 0 Å². The van der Waals surface area contributed by atoms with E-state index in [1.165, 1.54) is 0 Å². The SMILES string of the molecule is CCCc1nn(C)c2c(=O)[nH]c(-c3ccsc3)nc12. The van der Waals surface area contributed by atoms with Crippen molar-refractivity contribution in [3.63, 3.8) is 0 Å². The second kappa shape index (κ2) is 4.62. The van der Waals surface area contributed by atoms with E-state index in [1.54, 1.807) is 23.1 Å². The maximum Gasteiger partial charge on any atom is 0.277 e. The van der Waals surface area contributed by atoms with Gasteiger partial charge < -0.3 is 4.98 Å². The van der Waals surface area contributed by atoms with Gasteiger partial charge in [-0.3, -0.25) is 9.48 Å². The van der Waals surface area contributed by atoms with Crippen molar-refractivity contribution in [3.05, 3.63) is 32.9 Å². The smallest absolute Gasteiger partial charge is 0.277 e. The lowest BCUT2D eigenvalue weighted by Crippen LogP contribution is -2.12. The van der Waals surface area contributed by atoms with E-state index < -0.39 is 0 Å². The monoisotopic (exact) mass is 274 g/mol. The predicted molar refractivity (Wildman–Crippen MR) is 76.4 cm³/mol. The summed E-state index contributed by atoms with van der Waals surface area (Å²) in [6.07, 6.45) is 1.81. The molecule has 0 saturated carbocycles. The first-order valence-corrected chi connectivity index (χ1v) is 7.13.